The molecule has 1 aromatic heterocycles. The fraction of sp³-hybridized carbons (Fsp3) is 0.500. The molecule has 1 fully saturated rings. The van der Waals surface area contributed by atoms with Gasteiger partial charge in [0.25, 0.3) is 0 Å². The molecule has 0 bridgehead atoms. The molecule has 2 radical (unpaired) electrons. The van der Waals surface area contributed by atoms with Gasteiger partial charge in [-0.3, -0.25) is 0 Å². The first-order chi connectivity index (χ1) is 6.34. The quantitative estimate of drug-likeness (QED) is 0.634. The summed E-state index contributed by atoms with van der Waals surface area (Å²) < 4.78 is 5.42. The maximum atomic E-state index is 5.53. The summed E-state index contributed by atoms with van der Waals surface area (Å²) in [7, 11) is 5.53. The highest BCUT2D eigenvalue weighted by atomic mass is 16.5. The molecule has 0 N–H and O–H groups in total. The normalized spacial score (nSPS) is 14.3. The van der Waals surface area contributed by atoms with E-state index in [9.17, 15) is 0 Å². The summed E-state index contributed by atoms with van der Waals surface area (Å²) in [5.74, 6) is 0.646. The molecule has 0 atom stereocenters. The molecule has 13 heavy (non-hydrogen) atoms. The minimum atomic E-state index is 0.393. The number of hydrogen-bond acceptors (Lipinski definition) is 2. The third-order valence-corrected chi connectivity index (χ3v) is 1.57. The fourth-order valence-corrected chi connectivity index (χ4v) is 0.846. The highest BCUT2D eigenvalue weighted by Crippen LogP contribution is 2.24. The van der Waals surface area contributed by atoms with Gasteiger partial charge in [-0.15, -0.1) is 0 Å². The SMILES string of the molecule is CC.[B]c1ccnc(OC2CC2)c1. The Balaban J connectivity index is 0.000000396. The lowest BCUT2D eigenvalue weighted by Crippen LogP contribution is -2.05. The second-order valence-electron chi connectivity index (χ2n) is 2.74. The van der Waals surface area contributed by atoms with Crippen LogP contribution >= 0.6 is 0 Å². The van der Waals surface area contributed by atoms with E-state index in [-0.39, 0.29) is 0 Å². The van der Waals surface area contributed by atoms with E-state index in [1.165, 1.54) is 0 Å². The van der Waals surface area contributed by atoms with Crippen LogP contribution in [-0.2, 0) is 0 Å². The molecule has 1 aliphatic carbocycles. The van der Waals surface area contributed by atoms with Crippen molar-refractivity contribution in [1.29, 1.82) is 0 Å². The first-order valence-electron chi connectivity index (χ1n) is 4.73. The molecular formula is C10H14BNO. The van der Waals surface area contributed by atoms with E-state index >= 15 is 0 Å². The molecule has 1 aromatic rings. The zero-order chi connectivity index (χ0) is 9.68. The molecule has 0 aromatic carbocycles. The molecule has 2 nitrogen and oxygen atoms in total. The van der Waals surface area contributed by atoms with Gasteiger partial charge in [-0.05, 0) is 18.9 Å². The van der Waals surface area contributed by atoms with Crippen molar-refractivity contribution < 1.29 is 4.74 Å². The predicted octanol–water partition coefficient (Wildman–Crippen LogP) is 1.44. The summed E-state index contributed by atoms with van der Waals surface area (Å²) >= 11 is 0. The fourth-order valence-electron chi connectivity index (χ4n) is 0.846. The van der Waals surface area contributed by atoms with Gasteiger partial charge in [-0.25, -0.2) is 4.98 Å². The predicted molar refractivity (Wildman–Crippen MR) is 54.6 cm³/mol. The van der Waals surface area contributed by atoms with Crippen molar-refractivity contribution in [2.75, 3.05) is 0 Å². The Labute approximate surface area is 80.7 Å². The summed E-state index contributed by atoms with van der Waals surface area (Å²) in [6, 6.07) is 3.50. The van der Waals surface area contributed by atoms with Crippen LogP contribution in [-0.4, -0.2) is 18.9 Å². The molecule has 2 rings (SSSR count). The number of aromatic nitrogens is 1. The van der Waals surface area contributed by atoms with E-state index in [1.807, 2.05) is 13.8 Å². The lowest BCUT2D eigenvalue weighted by Gasteiger charge is -2.02. The largest absolute Gasteiger partial charge is 0.474 e. The minimum Gasteiger partial charge on any atom is -0.474 e. The van der Waals surface area contributed by atoms with Gasteiger partial charge in [0.2, 0.25) is 5.88 Å². The smallest absolute Gasteiger partial charge is 0.212 e. The monoisotopic (exact) mass is 175 g/mol. The molecule has 0 amide bonds. The van der Waals surface area contributed by atoms with Crippen molar-refractivity contribution in [3.8, 4) is 5.88 Å². The lowest BCUT2D eigenvalue weighted by molar-refractivity contribution is 0.291. The molecule has 0 saturated heterocycles. The summed E-state index contributed by atoms with van der Waals surface area (Å²) in [4.78, 5) is 4.02. The Morgan fingerprint density at radius 3 is 2.69 bits per heavy atom. The van der Waals surface area contributed by atoms with Crippen LogP contribution < -0.4 is 10.2 Å². The van der Waals surface area contributed by atoms with Gasteiger partial charge in [-0.1, -0.05) is 25.4 Å². The standard InChI is InChI=1S/C8H8BNO.C2H6/c9-6-3-4-10-8(5-6)11-7-1-2-7;1-2/h3-5,7H,1-2H2;1-2H3. The molecule has 3 heteroatoms. The number of pyridine rings is 1. The Hall–Kier alpha value is -0.985. The first-order valence-corrected chi connectivity index (χ1v) is 4.73. The van der Waals surface area contributed by atoms with Crippen LogP contribution in [0.3, 0.4) is 0 Å². The molecule has 1 saturated carbocycles. The van der Waals surface area contributed by atoms with E-state index in [0.29, 0.717) is 17.4 Å². The molecule has 1 aliphatic rings. The van der Waals surface area contributed by atoms with Gasteiger partial charge < -0.3 is 4.74 Å². The van der Waals surface area contributed by atoms with Crippen LogP contribution in [0.5, 0.6) is 5.88 Å². The zero-order valence-corrected chi connectivity index (χ0v) is 8.16. The van der Waals surface area contributed by atoms with Crippen LogP contribution in [0.15, 0.2) is 18.3 Å². The van der Waals surface area contributed by atoms with Gasteiger partial charge in [0.15, 0.2) is 0 Å². The molecule has 0 aliphatic heterocycles. The Morgan fingerprint density at radius 2 is 2.15 bits per heavy atom. The van der Waals surface area contributed by atoms with Crippen molar-refractivity contribution in [3.63, 3.8) is 0 Å². The summed E-state index contributed by atoms with van der Waals surface area (Å²) in [6.07, 6.45) is 4.35. The van der Waals surface area contributed by atoms with Gasteiger partial charge in [0.05, 0.1) is 0 Å². The third kappa shape index (κ3) is 3.49. The molecule has 1 heterocycles. The highest BCUT2D eigenvalue weighted by Gasteiger charge is 2.23. The Kier molecular flexibility index (Phi) is 3.81. The van der Waals surface area contributed by atoms with Crippen molar-refractivity contribution in [1.82, 2.24) is 4.98 Å². The van der Waals surface area contributed by atoms with Crippen LogP contribution in [0, 0.1) is 0 Å². The summed E-state index contributed by atoms with van der Waals surface area (Å²) in [5.41, 5.74) is 0.704. The number of ether oxygens (including phenoxy) is 1. The average Bonchev–Trinajstić information content (AvgIpc) is 2.92. The van der Waals surface area contributed by atoms with Crippen molar-refractivity contribution in [2.24, 2.45) is 0 Å². The van der Waals surface area contributed by atoms with Crippen LogP contribution in [0.1, 0.15) is 26.7 Å². The molecule has 0 spiro atoms. The Morgan fingerprint density at radius 1 is 1.46 bits per heavy atom. The van der Waals surface area contributed by atoms with Crippen LogP contribution in [0.2, 0.25) is 0 Å². The summed E-state index contributed by atoms with van der Waals surface area (Å²) in [5, 5.41) is 0. The second kappa shape index (κ2) is 4.90. The number of nitrogens with zero attached hydrogens (tertiary/aromatic N) is 1. The molecule has 68 valence electrons. The number of hydrogen-bond donors (Lipinski definition) is 0. The molecule has 0 unspecified atom stereocenters. The third-order valence-electron chi connectivity index (χ3n) is 1.57. The number of rotatable bonds is 2. The van der Waals surface area contributed by atoms with Gasteiger partial charge in [0.1, 0.15) is 14.0 Å². The van der Waals surface area contributed by atoms with Crippen molar-refractivity contribution in [3.05, 3.63) is 18.3 Å². The minimum absolute atomic E-state index is 0.393. The van der Waals surface area contributed by atoms with Crippen molar-refractivity contribution >= 4 is 13.3 Å². The van der Waals surface area contributed by atoms with Gasteiger partial charge in [-0.2, -0.15) is 0 Å². The zero-order valence-electron chi connectivity index (χ0n) is 8.16. The Bertz CT molecular complexity index is 261. The second-order valence-corrected chi connectivity index (χ2v) is 2.74. The van der Waals surface area contributed by atoms with E-state index in [1.54, 1.807) is 18.3 Å². The van der Waals surface area contributed by atoms with E-state index < -0.39 is 0 Å². The summed E-state index contributed by atoms with van der Waals surface area (Å²) in [6.45, 7) is 4.00. The maximum absolute atomic E-state index is 5.53. The van der Waals surface area contributed by atoms with E-state index in [0.717, 1.165) is 12.8 Å². The van der Waals surface area contributed by atoms with Crippen LogP contribution in [0.4, 0.5) is 0 Å². The maximum Gasteiger partial charge on any atom is 0.212 e. The van der Waals surface area contributed by atoms with Gasteiger partial charge in [0, 0.05) is 6.20 Å². The van der Waals surface area contributed by atoms with E-state index in [2.05, 4.69) is 4.98 Å². The molecular weight excluding hydrogens is 161 g/mol. The van der Waals surface area contributed by atoms with Crippen molar-refractivity contribution in [2.45, 2.75) is 32.8 Å². The topological polar surface area (TPSA) is 22.1 Å². The first kappa shape index (κ1) is 10.1. The average molecular weight is 175 g/mol. The lowest BCUT2D eigenvalue weighted by atomic mass is 9.98. The van der Waals surface area contributed by atoms with Crippen LogP contribution in [0.25, 0.3) is 0 Å². The van der Waals surface area contributed by atoms with E-state index in [4.69, 9.17) is 12.6 Å². The highest BCUT2D eigenvalue weighted by molar-refractivity contribution is 6.32. The van der Waals surface area contributed by atoms with Gasteiger partial charge >= 0.3 is 0 Å².